The van der Waals surface area contributed by atoms with Gasteiger partial charge in [0, 0.05) is 11.1 Å². The number of ether oxygens (including phenoxy) is 1. The zero-order chi connectivity index (χ0) is 16.4. The number of carboxylic acid groups (broad SMARTS) is 1. The monoisotopic (exact) mass is 330 g/mol. The fraction of sp³-hybridized carbons (Fsp3) is 0.0625. The molecule has 0 spiro atoms. The first-order valence-electron chi connectivity index (χ1n) is 6.59. The Kier molecular flexibility index (Phi) is 3.99. The molecule has 0 amide bonds. The third kappa shape index (κ3) is 3.02. The molecule has 3 aromatic rings. The molecule has 0 fully saturated rings. The van der Waals surface area contributed by atoms with Crippen molar-refractivity contribution in [3.63, 3.8) is 0 Å². The Morgan fingerprint density at radius 2 is 1.83 bits per heavy atom. The summed E-state index contributed by atoms with van der Waals surface area (Å²) in [5.74, 6) is 0.0400. The van der Waals surface area contributed by atoms with Crippen LogP contribution >= 0.6 is 11.6 Å². The summed E-state index contributed by atoms with van der Waals surface area (Å²) in [4.78, 5) is 11.0. The number of halogens is 1. The summed E-state index contributed by atoms with van der Waals surface area (Å²) in [6.07, 6.45) is 0. The van der Waals surface area contributed by atoms with Crippen molar-refractivity contribution < 1.29 is 19.1 Å². The molecule has 3 rings (SSSR count). The number of hydrogen-bond acceptors (Lipinski definition) is 5. The van der Waals surface area contributed by atoms with Crippen LogP contribution in [0.4, 0.5) is 0 Å². The molecule has 0 bridgehead atoms. The number of carbonyl (C=O) groups is 1. The van der Waals surface area contributed by atoms with Gasteiger partial charge in [-0.15, -0.1) is 10.2 Å². The molecule has 0 saturated carbocycles. The van der Waals surface area contributed by atoms with Crippen LogP contribution in [0.1, 0.15) is 10.4 Å². The van der Waals surface area contributed by atoms with Crippen LogP contribution in [-0.4, -0.2) is 28.4 Å². The van der Waals surface area contributed by atoms with Crippen LogP contribution in [0.3, 0.4) is 0 Å². The fourth-order valence-electron chi connectivity index (χ4n) is 2.04. The van der Waals surface area contributed by atoms with E-state index in [1.807, 2.05) is 0 Å². The Hall–Kier alpha value is -2.86. The third-order valence-corrected chi connectivity index (χ3v) is 3.48. The van der Waals surface area contributed by atoms with E-state index >= 15 is 0 Å². The highest BCUT2D eigenvalue weighted by molar-refractivity contribution is 6.32. The largest absolute Gasteiger partial charge is 0.495 e. The lowest BCUT2D eigenvalue weighted by molar-refractivity contribution is 0.0697. The summed E-state index contributed by atoms with van der Waals surface area (Å²) < 4.78 is 10.7. The zero-order valence-corrected chi connectivity index (χ0v) is 12.7. The van der Waals surface area contributed by atoms with Crippen LogP contribution < -0.4 is 4.74 Å². The smallest absolute Gasteiger partial charge is 0.335 e. The zero-order valence-electron chi connectivity index (χ0n) is 12.0. The van der Waals surface area contributed by atoms with Gasteiger partial charge in [0.05, 0.1) is 17.7 Å². The highest BCUT2D eigenvalue weighted by Crippen LogP contribution is 2.31. The number of benzene rings is 2. The molecule has 2 aromatic carbocycles. The Bertz CT molecular complexity index is 876. The molecule has 116 valence electrons. The first-order chi connectivity index (χ1) is 11.1. The summed E-state index contributed by atoms with van der Waals surface area (Å²) in [5, 5.41) is 17.4. The topological polar surface area (TPSA) is 85.5 Å². The van der Waals surface area contributed by atoms with Crippen molar-refractivity contribution in [1.29, 1.82) is 0 Å². The van der Waals surface area contributed by atoms with Gasteiger partial charge < -0.3 is 14.3 Å². The van der Waals surface area contributed by atoms with Crippen molar-refractivity contribution in [1.82, 2.24) is 10.2 Å². The second kappa shape index (κ2) is 6.10. The van der Waals surface area contributed by atoms with E-state index < -0.39 is 5.97 Å². The van der Waals surface area contributed by atoms with Crippen molar-refractivity contribution in [2.24, 2.45) is 0 Å². The number of aromatic nitrogens is 2. The first-order valence-corrected chi connectivity index (χ1v) is 6.97. The van der Waals surface area contributed by atoms with Crippen molar-refractivity contribution in [3.05, 3.63) is 53.1 Å². The van der Waals surface area contributed by atoms with Crippen LogP contribution in [-0.2, 0) is 0 Å². The molecular formula is C16H11ClN2O4. The van der Waals surface area contributed by atoms with E-state index in [1.165, 1.54) is 19.2 Å². The fourth-order valence-corrected chi connectivity index (χ4v) is 2.30. The van der Waals surface area contributed by atoms with E-state index in [9.17, 15) is 4.79 Å². The third-order valence-electron chi connectivity index (χ3n) is 3.18. The molecule has 7 heteroatoms. The maximum absolute atomic E-state index is 11.0. The predicted molar refractivity (Wildman–Crippen MR) is 83.7 cm³/mol. The van der Waals surface area contributed by atoms with Crippen molar-refractivity contribution in [2.75, 3.05) is 7.11 Å². The van der Waals surface area contributed by atoms with Gasteiger partial charge in [-0.1, -0.05) is 17.7 Å². The molecule has 0 aliphatic heterocycles. The number of carboxylic acids is 1. The Morgan fingerprint density at radius 1 is 1.13 bits per heavy atom. The first kappa shape index (κ1) is 15.1. The maximum atomic E-state index is 11.0. The lowest BCUT2D eigenvalue weighted by Crippen LogP contribution is -1.95. The quantitative estimate of drug-likeness (QED) is 0.783. The van der Waals surface area contributed by atoms with Crippen molar-refractivity contribution in [3.8, 4) is 28.7 Å². The lowest BCUT2D eigenvalue weighted by atomic mass is 10.1. The van der Waals surface area contributed by atoms with Gasteiger partial charge in [0.1, 0.15) is 5.75 Å². The number of hydrogen-bond donors (Lipinski definition) is 1. The average Bonchev–Trinajstić information content (AvgIpc) is 3.05. The van der Waals surface area contributed by atoms with Gasteiger partial charge in [0.2, 0.25) is 11.8 Å². The molecule has 0 atom stereocenters. The normalized spacial score (nSPS) is 10.5. The molecule has 0 unspecified atom stereocenters. The molecular weight excluding hydrogens is 320 g/mol. The molecule has 0 aliphatic carbocycles. The number of rotatable bonds is 4. The molecule has 0 saturated heterocycles. The second-order valence-electron chi connectivity index (χ2n) is 4.65. The number of methoxy groups -OCH3 is 1. The average molecular weight is 331 g/mol. The van der Waals surface area contributed by atoms with E-state index in [2.05, 4.69) is 10.2 Å². The van der Waals surface area contributed by atoms with Crippen LogP contribution in [0.5, 0.6) is 5.75 Å². The van der Waals surface area contributed by atoms with Gasteiger partial charge >= 0.3 is 5.97 Å². The number of aromatic carboxylic acids is 1. The van der Waals surface area contributed by atoms with Gasteiger partial charge in [0.15, 0.2) is 0 Å². The van der Waals surface area contributed by atoms with Crippen LogP contribution in [0, 0.1) is 0 Å². The second-order valence-corrected chi connectivity index (χ2v) is 5.05. The summed E-state index contributed by atoms with van der Waals surface area (Å²) in [6.45, 7) is 0. The minimum Gasteiger partial charge on any atom is -0.495 e. The highest BCUT2D eigenvalue weighted by Gasteiger charge is 2.13. The highest BCUT2D eigenvalue weighted by atomic mass is 35.5. The Labute approximate surface area is 136 Å². The van der Waals surface area contributed by atoms with E-state index in [0.717, 1.165) is 0 Å². The van der Waals surface area contributed by atoms with E-state index in [-0.39, 0.29) is 17.3 Å². The van der Waals surface area contributed by atoms with E-state index in [1.54, 1.807) is 30.3 Å². The van der Waals surface area contributed by atoms with Gasteiger partial charge in [-0.3, -0.25) is 0 Å². The lowest BCUT2D eigenvalue weighted by Gasteiger charge is -2.03. The standard InChI is InChI=1S/C16H11ClN2O4/c1-22-13-6-5-10(8-12(13)17)15-19-18-14(23-15)9-3-2-4-11(7-9)16(20)21/h2-8H,1H3,(H,20,21). The SMILES string of the molecule is COc1ccc(-c2nnc(-c3cccc(C(=O)O)c3)o2)cc1Cl. The number of nitrogens with zero attached hydrogens (tertiary/aromatic N) is 2. The Balaban J connectivity index is 1.96. The summed E-state index contributed by atoms with van der Waals surface area (Å²) in [6, 6.07) is 11.4. The van der Waals surface area contributed by atoms with Crippen molar-refractivity contribution >= 4 is 17.6 Å². The van der Waals surface area contributed by atoms with Crippen LogP contribution in [0.15, 0.2) is 46.9 Å². The van der Waals surface area contributed by atoms with Gasteiger partial charge in [-0.05, 0) is 36.4 Å². The summed E-state index contributed by atoms with van der Waals surface area (Å²) in [5.41, 5.74) is 1.32. The minimum atomic E-state index is -1.02. The predicted octanol–water partition coefficient (Wildman–Crippen LogP) is 3.76. The van der Waals surface area contributed by atoms with Crippen LogP contribution in [0.25, 0.3) is 22.9 Å². The molecule has 6 nitrogen and oxygen atoms in total. The van der Waals surface area contributed by atoms with Gasteiger partial charge in [-0.2, -0.15) is 0 Å². The molecule has 0 aliphatic rings. The minimum absolute atomic E-state index is 0.148. The van der Waals surface area contributed by atoms with Crippen molar-refractivity contribution in [2.45, 2.75) is 0 Å². The van der Waals surface area contributed by atoms with Crippen LogP contribution in [0.2, 0.25) is 5.02 Å². The Morgan fingerprint density at radius 3 is 2.43 bits per heavy atom. The van der Waals surface area contributed by atoms with E-state index in [4.69, 9.17) is 25.9 Å². The summed E-state index contributed by atoms with van der Waals surface area (Å²) in [7, 11) is 1.53. The molecule has 23 heavy (non-hydrogen) atoms. The molecule has 1 aromatic heterocycles. The molecule has 0 radical (unpaired) electrons. The van der Waals surface area contributed by atoms with Gasteiger partial charge in [0.25, 0.3) is 0 Å². The maximum Gasteiger partial charge on any atom is 0.335 e. The molecule has 1 N–H and O–H groups in total. The van der Waals surface area contributed by atoms with E-state index in [0.29, 0.717) is 21.9 Å². The van der Waals surface area contributed by atoms with Gasteiger partial charge in [-0.25, -0.2) is 4.79 Å². The molecule has 1 heterocycles. The summed E-state index contributed by atoms with van der Waals surface area (Å²) >= 11 is 6.08.